The van der Waals surface area contributed by atoms with Crippen LogP contribution in [0, 0.1) is 0 Å². The lowest BCUT2D eigenvalue weighted by atomic mass is 10.3. The van der Waals surface area contributed by atoms with Gasteiger partial charge in [0.1, 0.15) is 5.56 Å². The zero-order chi connectivity index (χ0) is 15.1. The van der Waals surface area contributed by atoms with Crippen LogP contribution in [0.5, 0.6) is 0 Å². The topological polar surface area (TPSA) is 77.1 Å². The maximum Gasteiger partial charge on any atom is 0.263 e. The number of fused-ring (bicyclic) bond motifs is 2. The van der Waals surface area contributed by atoms with E-state index in [1.807, 2.05) is 35.9 Å². The first-order valence-electron chi connectivity index (χ1n) is 6.75. The average molecular weight is 292 g/mol. The molecule has 0 aliphatic carbocycles. The van der Waals surface area contributed by atoms with Crippen LogP contribution in [0.2, 0.25) is 0 Å². The fraction of sp³-hybridized carbons (Fsp3) is 0.0667. The van der Waals surface area contributed by atoms with Gasteiger partial charge in [0.2, 0.25) is 5.95 Å². The lowest BCUT2D eigenvalue weighted by Gasteiger charge is -2.03. The number of benzene rings is 1. The third-order valence-corrected chi connectivity index (χ3v) is 3.54. The number of nitrogens with one attached hydrogen (secondary N) is 1. The summed E-state index contributed by atoms with van der Waals surface area (Å²) in [6.07, 6.45) is 4.87. The molecule has 1 amide bonds. The first-order chi connectivity index (χ1) is 10.7. The molecule has 1 N–H and O–H groups in total. The average Bonchev–Trinajstić information content (AvgIpc) is 3.10. The maximum absolute atomic E-state index is 12.5. The van der Waals surface area contributed by atoms with Crippen LogP contribution in [-0.4, -0.2) is 30.1 Å². The third-order valence-electron chi connectivity index (χ3n) is 3.54. The van der Waals surface area contributed by atoms with E-state index in [0.29, 0.717) is 17.2 Å². The molecular formula is C15H12N6O. The second-order valence-electron chi connectivity index (χ2n) is 4.88. The van der Waals surface area contributed by atoms with Crippen LogP contribution in [0.4, 0.5) is 5.95 Å². The molecule has 0 unspecified atom stereocenters. The SMILES string of the molecule is Cn1c(NC(=O)c2cnn3cccnc23)nc2ccccc21. The van der Waals surface area contributed by atoms with Gasteiger partial charge in [0.05, 0.1) is 17.2 Å². The van der Waals surface area contributed by atoms with Gasteiger partial charge in [-0.1, -0.05) is 12.1 Å². The highest BCUT2D eigenvalue weighted by atomic mass is 16.1. The van der Waals surface area contributed by atoms with Crippen LogP contribution >= 0.6 is 0 Å². The lowest BCUT2D eigenvalue weighted by molar-refractivity contribution is 0.102. The molecule has 0 aliphatic heterocycles. The number of imidazole rings is 1. The molecular weight excluding hydrogens is 280 g/mol. The van der Waals surface area contributed by atoms with E-state index in [0.717, 1.165) is 11.0 Å². The summed E-state index contributed by atoms with van der Waals surface area (Å²) < 4.78 is 3.40. The normalized spacial score (nSPS) is 11.1. The summed E-state index contributed by atoms with van der Waals surface area (Å²) in [4.78, 5) is 21.1. The smallest absolute Gasteiger partial charge is 0.263 e. The molecule has 3 heterocycles. The van der Waals surface area contributed by atoms with Crippen LogP contribution in [-0.2, 0) is 7.05 Å². The molecule has 0 aliphatic rings. The van der Waals surface area contributed by atoms with Gasteiger partial charge < -0.3 is 4.57 Å². The molecule has 0 bridgehead atoms. The highest BCUT2D eigenvalue weighted by Gasteiger charge is 2.16. The summed E-state index contributed by atoms with van der Waals surface area (Å²) in [5.41, 5.74) is 2.71. The van der Waals surface area contributed by atoms with Crippen LogP contribution in [0.25, 0.3) is 16.7 Å². The summed E-state index contributed by atoms with van der Waals surface area (Å²) in [5.74, 6) is 0.202. The number of aryl methyl sites for hydroxylation is 1. The van der Waals surface area contributed by atoms with E-state index < -0.39 is 0 Å². The number of hydrogen-bond donors (Lipinski definition) is 1. The van der Waals surface area contributed by atoms with Crippen LogP contribution < -0.4 is 5.32 Å². The molecule has 0 fully saturated rings. The van der Waals surface area contributed by atoms with Crippen molar-refractivity contribution in [3.63, 3.8) is 0 Å². The molecule has 0 atom stereocenters. The van der Waals surface area contributed by atoms with Gasteiger partial charge in [0.25, 0.3) is 5.91 Å². The fourth-order valence-electron chi connectivity index (χ4n) is 2.41. The first-order valence-corrected chi connectivity index (χ1v) is 6.75. The minimum Gasteiger partial charge on any atom is -0.313 e. The van der Waals surface area contributed by atoms with E-state index in [9.17, 15) is 4.79 Å². The number of anilines is 1. The van der Waals surface area contributed by atoms with E-state index in [1.54, 1.807) is 23.0 Å². The van der Waals surface area contributed by atoms with Crippen molar-refractivity contribution in [3.05, 3.63) is 54.5 Å². The van der Waals surface area contributed by atoms with E-state index in [4.69, 9.17) is 0 Å². The fourth-order valence-corrected chi connectivity index (χ4v) is 2.41. The highest BCUT2D eigenvalue weighted by Crippen LogP contribution is 2.18. The van der Waals surface area contributed by atoms with Gasteiger partial charge in [-0.15, -0.1) is 0 Å². The Hall–Kier alpha value is -3.22. The van der Waals surface area contributed by atoms with Gasteiger partial charge in [-0.3, -0.25) is 10.1 Å². The van der Waals surface area contributed by atoms with Crippen molar-refractivity contribution < 1.29 is 4.79 Å². The molecule has 4 rings (SSSR count). The number of aromatic nitrogens is 5. The summed E-state index contributed by atoms with van der Waals surface area (Å²) >= 11 is 0. The van der Waals surface area contributed by atoms with Crippen molar-refractivity contribution in [2.75, 3.05) is 5.32 Å². The molecule has 3 aromatic heterocycles. The number of carbonyl (C=O) groups is 1. The second kappa shape index (κ2) is 4.66. The van der Waals surface area contributed by atoms with Gasteiger partial charge in [-0.05, 0) is 18.2 Å². The number of amides is 1. The Bertz CT molecular complexity index is 1000. The quantitative estimate of drug-likeness (QED) is 0.612. The molecule has 7 heteroatoms. The summed E-state index contributed by atoms with van der Waals surface area (Å²) in [6.45, 7) is 0. The van der Waals surface area contributed by atoms with E-state index in [2.05, 4.69) is 20.4 Å². The van der Waals surface area contributed by atoms with Gasteiger partial charge in [0.15, 0.2) is 5.65 Å². The Balaban J connectivity index is 1.73. The minimum absolute atomic E-state index is 0.285. The largest absolute Gasteiger partial charge is 0.313 e. The van der Waals surface area contributed by atoms with Crippen molar-refractivity contribution in [2.24, 2.45) is 7.05 Å². The number of carbonyl (C=O) groups excluding carboxylic acids is 1. The monoisotopic (exact) mass is 292 g/mol. The number of nitrogens with zero attached hydrogens (tertiary/aromatic N) is 5. The van der Waals surface area contributed by atoms with E-state index in [1.165, 1.54) is 6.20 Å². The van der Waals surface area contributed by atoms with Crippen molar-refractivity contribution in [1.29, 1.82) is 0 Å². The van der Waals surface area contributed by atoms with E-state index >= 15 is 0 Å². The van der Waals surface area contributed by atoms with Crippen molar-refractivity contribution in [1.82, 2.24) is 24.1 Å². The predicted octanol–water partition coefficient (Wildman–Crippen LogP) is 1.87. The molecule has 7 nitrogen and oxygen atoms in total. The molecule has 0 radical (unpaired) electrons. The van der Waals surface area contributed by atoms with Crippen LogP contribution in [0.1, 0.15) is 10.4 Å². The van der Waals surface area contributed by atoms with Crippen molar-refractivity contribution >= 4 is 28.5 Å². The predicted molar refractivity (Wildman–Crippen MR) is 81.7 cm³/mol. The summed E-state index contributed by atoms with van der Waals surface area (Å²) in [7, 11) is 1.86. The number of rotatable bonds is 2. The summed E-state index contributed by atoms with van der Waals surface area (Å²) in [5, 5.41) is 6.93. The Morgan fingerprint density at radius 2 is 2.09 bits per heavy atom. The molecule has 0 saturated carbocycles. The molecule has 22 heavy (non-hydrogen) atoms. The minimum atomic E-state index is -0.285. The third kappa shape index (κ3) is 1.83. The number of para-hydroxylation sites is 2. The Morgan fingerprint density at radius 1 is 1.23 bits per heavy atom. The molecule has 1 aromatic carbocycles. The molecule has 108 valence electrons. The Kier molecular flexibility index (Phi) is 2.65. The van der Waals surface area contributed by atoms with Gasteiger partial charge in [-0.2, -0.15) is 5.10 Å². The highest BCUT2D eigenvalue weighted by molar-refractivity contribution is 6.07. The Labute approximate surface area is 125 Å². The van der Waals surface area contributed by atoms with Crippen molar-refractivity contribution in [3.8, 4) is 0 Å². The lowest BCUT2D eigenvalue weighted by Crippen LogP contribution is -2.15. The van der Waals surface area contributed by atoms with Gasteiger partial charge in [0, 0.05) is 19.4 Å². The zero-order valence-corrected chi connectivity index (χ0v) is 11.8. The molecule has 0 saturated heterocycles. The van der Waals surface area contributed by atoms with Crippen LogP contribution in [0.15, 0.2) is 48.9 Å². The zero-order valence-electron chi connectivity index (χ0n) is 11.8. The molecule has 4 aromatic rings. The summed E-state index contributed by atoms with van der Waals surface area (Å²) in [6, 6.07) is 9.46. The van der Waals surface area contributed by atoms with E-state index in [-0.39, 0.29) is 5.91 Å². The van der Waals surface area contributed by atoms with Crippen molar-refractivity contribution in [2.45, 2.75) is 0 Å². The van der Waals surface area contributed by atoms with Gasteiger partial charge >= 0.3 is 0 Å². The second-order valence-corrected chi connectivity index (χ2v) is 4.88. The Morgan fingerprint density at radius 3 is 2.95 bits per heavy atom. The first kappa shape index (κ1) is 12.5. The number of hydrogen-bond acceptors (Lipinski definition) is 4. The maximum atomic E-state index is 12.5. The van der Waals surface area contributed by atoms with Crippen LogP contribution in [0.3, 0.4) is 0 Å². The standard InChI is InChI=1S/C15H12N6O/c1-20-12-6-3-2-5-11(12)18-15(20)19-14(22)10-9-17-21-8-4-7-16-13(10)21/h2-9H,1H3,(H,18,19,22). The van der Waals surface area contributed by atoms with Gasteiger partial charge in [-0.25, -0.2) is 14.5 Å². The molecule has 0 spiro atoms.